The van der Waals surface area contributed by atoms with Gasteiger partial charge in [-0.1, -0.05) is 6.92 Å². The maximum Gasteiger partial charge on any atom is 0.303 e. The van der Waals surface area contributed by atoms with Gasteiger partial charge in [0.2, 0.25) is 0 Å². The van der Waals surface area contributed by atoms with Crippen LogP contribution in [0.25, 0.3) is 0 Å². The second-order valence-corrected chi connectivity index (χ2v) is 2.89. The number of aliphatic carboxylic acids is 1. The Morgan fingerprint density at radius 2 is 1.92 bits per heavy atom. The van der Waals surface area contributed by atoms with Gasteiger partial charge in [-0.05, 0) is 6.92 Å². The van der Waals surface area contributed by atoms with E-state index in [1.54, 1.807) is 13.8 Å². The number of ether oxygens (including phenoxy) is 1. The van der Waals surface area contributed by atoms with E-state index >= 15 is 0 Å². The van der Waals surface area contributed by atoms with Crippen molar-refractivity contribution >= 4 is 11.9 Å². The van der Waals surface area contributed by atoms with E-state index in [1.807, 2.05) is 0 Å². The van der Waals surface area contributed by atoms with Crippen LogP contribution >= 0.6 is 0 Å². The summed E-state index contributed by atoms with van der Waals surface area (Å²) in [5, 5.41) is 8.43. The van der Waals surface area contributed by atoms with Crippen molar-refractivity contribution in [2.45, 2.75) is 33.3 Å². The molecule has 0 heterocycles. The molecule has 0 saturated carbocycles. The van der Waals surface area contributed by atoms with Gasteiger partial charge in [0, 0.05) is 12.8 Å². The Bertz CT molecular complexity index is 156. The Kier molecular flexibility index (Phi) is 4.33. The van der Waals surface area contributed by atoms with Crippen LogP contribution in [-0.4, -0.2) is 23.1 Å². The van der Waals surface area contributed by atoms with Gasteiger partial charge in [-0.25, -0.2) is 0 Å². The first-order valence-electron chi connectivity index (χ1n) is 3.82. The average molecular weight is 174 g/mol. The first-order valence-corrected chi connectivity index (χ1v) is 3.82. The fourth-order valence-corrected chi connectivity index (χ4v) is 0.819. The number of carboxylic acids is 1. The van der Waals surface area contributed by atoms with Gasteiger partial charge in [0.1, 0.15) is 6.10 Å². The zero-order chi connectivity index (χ0) is 9.72. The molecule has 4 nitrogen and oxygen atoms in total. The maximum absolute atomic E-state index is 10.5. The third-order valence-corrected chi connectivity index (χ3v) is 1.65. The summed E-state index contributed by atoms with van der Waals surface area (Å²) >= 11 is 0. The molecule has 12 heavy (non-hydrogen) atoms. The lowest BCUT2D eigenvalue weighted by Gasteiger charge is -2.17. The Morgan fingerprint density at radius 1 is 1.42 bits per heavy atom. The summed E-state index contributed by atoms with van der Waals surface area (Å²) in [6.07, 6.45) is -0.312. The number of hydrogen-bond donors (Lipinski definition) is 1. The van der Waals surface area contributed by atoms with Crippen molar-refractivity contribution in [2.75, 3.05) is 0 Å². The highest BCUT2D eigenvalue weighted by molar-refractivity contribution is 5.68. The lowest BCUT2D eigenvalue weighted by atomic mass is 10.0. The van der Waals surface area contributed by atoms with Gasteiger partial charge < -0.3 is 9.84 Å². The normalized spacial score (nSPS) is 14.9. The summed E-state index contributed by atoms with van der Waals surface area (Å²) in [7, 11) is 0. The standard InChI is InChI=1S/C8H14O4/c1-5(4-8(10)11)6(2)12-7(3)9/h5-6H,4H2,1-3H3,(H,10,11). The molecule has 4 heteroatoms. The first-order chi connectivity index (χ1) is 5.43. The van der Waals surface area contributed by atoms with Gasteiger partial charge in [-0.3, -0.25) is 9.59 Å². The number of esters is 1. The highest BCUT2D eigenvalue weighted by Gasteiger charge is 2.17. The van der Waals surface area contributed by atoms with E-state index in [2.05, 4.69) is 0 Å². The summed E-state index contributed by atoms with van der Waals surface area (Å²) < 4.78 is 4.81. The Morgan fingerprint density at radius 3 is 2.25 bits per heavy atom. The maximum atomic E-state index is 10.5. The Hall–Kier alpha value is -1.06. The zero-order valence-electron chi connectivity index (χ0n) is 7.53. The topological polar surface area (TPSA) is 63.6 Å². The van der Waals surface area contributed by atoms with Crippen LogP contribution in [-0.2, 0) is 14.3 Å². The van der Waals surface area contributed by atoms with Gasteiger partial charge in [-0.15, -0.1) is 0 Å². The molecule has 0 aromatic carbocycles. The van der Waals surface area contributed by atoms with Crippen molar-refractivity contribution in [1.82, 2.24) is 0 Å². The van der Waals surface area contributed by atoms with Gasteiger partial charge >= 0.3 is 11.9 Å². The van der Waals surface area contributed by atoms with E-state index in [1.165, 1.54) is 6.92 Å². The van der Waals surface area contributed by atoms with Crippen molar-refractivity contribution in [1.29, 1.82) is 0 Å². The number of hydrogen-bond acceptors (Lipinski definition) is 3. The van der Waals surface area contributed by atoms with Crippen LogP contribution in [0.4, 0.5) is 0 Å². The molecule has 0 rings (SSSR count). The molecule has 0 aromatic heterocycles. The molecule has 0 aliphatic rings. The molecule has 70 valence electrons. The molecule has 0 aliphatic carbocycles. The third kappa shape index (κ3) is 4.71. The molecule has 0 fully saturated rings. The van der Waals surface area contributed by atoms with E-state index < -0.39 is 5.97 Å². The minimum Gasteiger partial charge on any atom is -0.481 e. The van der Waals surface area contributed by atoms with E-state index in [4.69, 9.17) is 9.84 Å². The molecule has 0 aliphatic heterocycles. The molecule has 0 spiro atoms. The summed E-state index contributed by atoms with van der Waals surface area (Å²) in [6, 6.07) is 0. The van der Waals surface area contributed by atoms with Crippen molar-refractivity contribution < 1.29 is 19.4 Å². The van der Waals surface area contributed by atoms with Crippen molar-refractivity contribution in [2.24, 2.45) is 5.92 Å². The Labute approximate surface area is 71.5 Å². The van der Waals surface area contributed by atoms with E-state index in [9.17, 15) is 9.59 Å². The molecule has 0 saturated heterocycles. The predicted octanol–water partition coefficient (Wildman–Crippen LogP) is 1.05. The molecule has 0 amide bonds. The van der Waals surface area contributed by atoms with Gasteiger partial charge in [0.05, 0.1) is 6.42 Å². The summed E-state index contributed by atoms with van der Waals surface area (Å²) in [5.74, 6) is -1.40. The van der Waals surface area contributed by atoms with Crippen molar-refractivity contribution in [3.8, 4) is 0 Å². The molecular formula is C8H14O4. The lowest BCUT2D eigenvalue weighted by Crippen LogP contribution is -2.22. The average Bonchev–Trinajstić information content (AvgIpc) is 1.84. The fourth-order valence-electron chi connectivity index (χ4n) is 0.819. The van der Waals surface area contributed by atoms with Crippen LogP contribution in [0, 0.1) is 5.92 Å². The minimum absolute atomic E-state index is 0.0223. The zero-order valence-corrected chi connectivity index (χ0v) is 7.53. The van der Waals surface area contributed by atoms with Crippen LogP contribution in [0.1, 0.15) is 27.2 Å². The molecule has 2 unspecified atom stereocenters. The van der Waals surface area contributed by atoms with Crippen molar-refractivity contribution in [3.05, 3.63) is 0 Å². The quantitative estimate of drug-likeness (QED) is 0.647. The van der Waals surface area contributed by atoms with Crippen LogP contribution in [0.2, 0.25) is 0 Å². The third-order valence-electron chi connectivity index (χ3n) is 1.65. The van der Waals surface area contributed by atoms with Crippen molar-refractivity contribution in [3.63, 3.8) is 0 Å². The smallest absolute Gasteiger partial charge is 0.303 e. The molecule has 2 atom stereocenters. The summed E-state index contributed by atoms with van der Waals surface area (Å²) in [5.41, 5.74) is 0. The second-order valence-electron chi connectivity index (χ2n) is 2.89. The largest absolute Gasteiger partial charge is 0.481 e. The van der Waals surface area contributed by atoms with E-state index in [0.717, 1.165) is 0 Å². The summed E-state index contributed by atoms with van der Waals surface area (Å²) in [4.78, 5) is 20.7. The number of carbonyl (C=O) groups is 2. The minimum atomic E-state index is -0.874. The SMILES string of the molecule is CC(=O)OC(C)C(C)CC(=O)O. The van der Waals surface area contributed by atoms with E-state index in [-0.39, 0.29) is 24.4 Å². The highest BCUT2D eigenvalue weighted by atomic mass is 16.5. The van der Waals surface area contributed by atoms with E-state index in [0.29, 0.717) is 0 Å². The molecular weight excluding hydrogens is 160 g/mol. The van der Waals surface area contributed by atoms with Crippen LogP contribution in [0.15, 0.2) is 0 Å². The van der Waals surface area contributed by atoms with Crippen LogP contribution in [0.5, 0.6) is 0 Å². The van der Waals surface area contributed by atoms with Crippen LogP contribution in [0.3, 0.4) is 0 Å². The molecule has 0 bridgehead atoms. The monoisotopic (exact) mass is 174 g/mol. The van der Waals surface area contributed by atoms with Gasteiger partial charge in [0.15, 0.2) is 0 Å². The molecule has 0 radical (unpaired) electrons. The Balaban J connectivity index is 3.83. The second kappa shape index (κ2) is 4.74. The van der Waals surface area contributed by atoms with Crippen LogP contribution < -0.4 is 0 Å². The fraction of sp³-hybridized carbons (Fsp3) is 0.750. The summed E-state index contributed by atoms with van der Waals surface area (Å²) in [6.45, 7) is 4.74. The molecule has 0 aromatic rings. The number of carboxylic acid groups (broad SMARTS) is 1. The first kappa shape index (κ1) is 10.9. The number of carbonyl (C=O) groups excluding carboxylic acids is 1. The van der Waals surface area contributed by atoms with Gasteiger partial charge in [0.25, 0.3) is 0 Å². The van der Waals surface area contributed by atoms with Gasteiger partial charge in [-0.2, -0.15) is 0 Å². The molecule has 1 N–H and O–H groups in total. The highest BCUT2D eigenvalue weighted by Crippen LogP contribution is 2.11. The predicted molar refractivity (Wildman–Crippen MR) is 42.6 cm³/mol. The number of rotatable bonds is 4. The lowest BCUT2D eigenvalue weighted by molar-refractivity contribution is -0.150.